The van der Waals surface area contributed by atoms with Crippen molar-refractivity contribution in [2.45, 2.75) is 13.0 Å². The minimum atomic E-state index is -0.354. The Balaban J connectivity index is 1.88. The fourth-order valence-electron chi connectivity index (χ4n) is 3.58. The molecule has 1 aliphatic heterocycles. The van der Waals surface area contributed by atoms with Gasteiger partial charge in [-0.2, -0.15) is 0 Å². The molecule has 1 heterocycles. The number of ketones is 1. The number of hydrogen-bond acceptors (Lipinski definition) is 2. The molecule has 1 N–H and O–H groups in total. The Kier molecular flexibility index (Phi) is 5.47. The van der Waals surface area contributed by atoms with Gasteiger partial charge >= 0.3 is 0 Å². The maximum Gasteiger partial charge on any atom is 0.193 e. The third kappa shape index (κ3) is 3.82. The molecular formula is C24H19ClN2OS. The predicted octanol–water partition coefficient (Wildman–Crippen LogP) is 5.93. The summed E-state index contributed by atoms with van der Waals surface area (Å²) in [7, 11) is 0. The van der Waals surface area contributed by atoms with Crippen LogP contribution in [0.5, 0.6) is 0 Å². The van der Waals surface area contributed by atoms with Crippen LogP contribution in [-0.4, -0.2) is 10.9 Å². The van der Waals surface area contributed by atoms with Gasteiger partial charge in [-0.25, -0.2) is 0 Å². The molecule has 4 rings (SSSR count). The van der Waals surface area contributed by atoms with E-state index >= 15 is 0 Å². The predicted molar refractivity (Wildman–Crippen MR) is 122 cm³/mol. The Morgan fingerprint density at radius 2 is 1.52 bits per heavy atom. The molecular weight excluding hydrogens is 400 g/mol. The summed E-state index contributed by atoms with van der Waals surface area (Å²) in [5.41, 5.74) is 3.96. The van der Waals surface area contributed by atoms with Crippen LogP contribution in [0.15, 0.2) is 96.2 Å². The van der Waals surface area contributed by atoms with Gasteiger partial charge in [-0.3, -0.25) is 9.69 Å². The fourth-order valence-corrected chi connectivity index (χ4v) is 4.06. The van der Waals surface area contributed by atoms with E-state index in [4.69, 9.17) is 23.8 Å². The van der Waals surface area contributed by atoms with Crippen molar-refractivity contribution in [3.05, 3.63) is 112 Å². The van der Waals surface area contributed by atoms with Crippen LogP contribution >= 0.6 is 23.8 Å². The number of nitrogens with one attached hydrogen (secondary N) is 1. The minimum Gasteiger partial charge on any atom is -0.351 e. The quantitative estimate of drug-likeness (QED) is 0.420. The zero-order valence-corrected chi connectivity index (χ0v) is 17.4. The van der Waals surface area contributed by atoms with Gasteiger partial charge in [0.15, 0.2) is 10.9 Å². The fraction of sp³-hybridized carbons (Fsp3) is 0.0833. The van der Waals surface area contributed by atoms with E-state index in [0.717, 1.165) is 16.9 Å². The number of para-hydroxylation sites is 1. The van der Waals surface area contributed by atoms with Gasteiger partial charge in [-0.1, -0.05) is 72.3 Å². The number of rotatable bonds is 4. The van der Waals surface area contributed by atoms with Gasteiger partial charge in [0.25, 0.3) is 0 Å². The zero-order valence-electron chi connectivity index (χ0n) is 15.8. The lowest BCUT2D eigenvalue weighted by Crippen LogP contribution is -2.47. The molecule has 1 unspecified atom stereocenters. The number of halogens is 1. The van der Waals surface area contributed by atoms with Gasteiger partial charge in [0, 0.05) is 27.5 Å². The van der Waals surface area contributed by atoms with E-state index in [1.807, 2.05) is 96.8 Å². The number of anilines is 1. The van der Waals surface area contributed by atoms with Crippen molar-refractivity contribution in [3.63, 3.8) is 0 Å². The highest BCUT2D eigenvalue weighted by atomic mass is 35.5. The summed E-state index contributed by atoms with van der Waals surface area (Å²) < 4.78 is 0. The standard InChI is InChI=1S/C24H19ClN2OS/c1-16-21(23(28)18-8-4-2-5-9-18)22(17-12-14-19(25)15-13-17)26-24(29)27(16)20-10-6-3-7-11-20/h2-15,22H,1H3,(H,26,29). The zero-order chi connectivity index (χ0) is 20.4. The summed E-state index contributed by atoms with van der Waals surface area (Å²) >= 11 is 11.8. The molecule has 0 amide bonds. The van der Waals surface area contributed by atoms with Crippen LogP contribution in [0.25, 0.3) is 0 Å². The smallest absolute Gasteiger partial charge is 0.193 e. The number of carbonyl (C=O) groups is 1. The van der Waals surface area contributed by atoms with Crippen LogP contribution in [0.3, 0.4) is 0 Å². The van der Waals surface area contributed by atoms with Crippen LogP contribution in [-0.2, 0) is 0 Å². The Morgan fingerprint density at radius 3 is 2.14 bits per heavy atom. The molecule has 29 heavy (non-hydrogen) atoms. The number of hydrogen-bond donors (Lipinski definition) is 1. The van der Waals surface area contributed by atoms with Gasteiger partial charge in [0.1, 0.15) is 0 Å². The third-order valence-corrected chi connectivity index (χ3v) is 5.54. The van der Waals surface area contributed by atoms with Crippen molar-refractivity contribution in [1.82, 2.24) is 5.32 Å². The maximum atomic E-state index is 13.6. The molecule has 3 aromatic rings. The van der Waals surface area contributed by atoms with Gasteiger partial charge in [0.2, 0.25) is 0 Å². The molecule has 5 heteroatoms. The topological polar surface area (TPSA) is 32.3 Å². The number of carbonyl (C=O) groups excluding carboxylic acids is 1. The van der Waals surface area contributed by atoms with E-state index in [2.05, 4.69) is 5.32 Å². The molecule has 144 valence electrons. The molecule has 0 saturated heterocycles. The first-order chi connectivity index (χ1) is 14.1. The van der Waals surface area contributed by atoms with Crippen LogP contribution in [0.1, 0.15) is 28.9 Å². The molecule has 3 aromatic carbocycles. The Labute approximate surface area is 180 Å². The lowest BCUT2D eigenvalue weighted by atomic mass is 9.89. The van der Waals surface area contributed by atoms with E-state index in [-0.39, 0.29) is 11.8 Å². The monoisotopic (exact) mass is 418 g/mol. The van der Waals surface area contributed by atoms with Crippen molar-refractivity contribution >= 4 is 40.4 Å². The molecule has 1 atom stereocenters. The van der Waals surface area contributed by atoms with Crippen molar-refractivity contribution in [1.29, 1.82) is 0 Å². The molecule has 0 aromatic heterocycles. The van der Waals surface area contributed by atoms with Crippen molar-refractivity contribution in [2.75, 3.05) is 4.90 Å². The van der Waals surface area contributed by atoms with Crippen LogP contribution in [0.2, 0.25) is 5.02 Å². The summed E-state index contributed by atoms with van der Waals surface area (Å²) in [6, 6.07) is 26.3. The van der Waals surface area contributed by atoms with Gasteiger partial charge in [-0.05, 0) is 49.0 Å². The molecule has 0 spiro atoms. The van der Waals surface area contributed by atoms with Crippen LogP contribution < -0.4 is 10.2 Å². The number of nitrogens with zero attached hydrogens (tertiary/aromatic N) is 1. The number of benzene rings is 3. The summed E-state index contributed by atoms with van der Waals surface area (Å²) in [5, 5.41) is 4.57. The van der Waals surface area contributed by atoms with E-state index in [1.165, 1.54) is 0 Å². The molecule has 0 bridgehead atoms. The van der Waals surface area contributed by atoms with Gasteiger partial charge in [-0.15, -0.1) is 0 Å². The number of Topliss-reactive ketones (excluding diaryl/α,β-unsaturated/α-hetero) is 1. The van der Waals surface area contributed by atoms with Crippen LogP contribution in [0, 0.1) is 0 Å². The average molecular weight is 419 g/mol. The van der Waals surface area contributed by atoms with E-state index < -0.39 is 0 Å². The summed E-state index contributed by atoms with van der Waals surface area (Å²) in [5.74, 6) is -0.0287. The SMILES string of the molecule is CC1=C(C(=O)c2ccccc2)C(c2ccc(Cl)cc2)NC(=S)N1c1ccccc1. The largest absolute Gasteiger partial charge is 0.351 e. The molecule has 0 radical (unpaired) electrons. The summed E-state index contributed by atoms with van der Waals surface area (Å²) in [4.78, 5) is 15.5. The molecule has 0 aliphatic carbocycles. The summed E-state index contributed by atoms with van der Waals surface area (Å²) in [6.45, 7) is 1.94. The average Bonchev–Trinajstić information content (AvgIpc) is 2.75. The van der Waals surface area contributed by atoms with Gasteiger partial charge in [0.05, 0.1) is 6.04 Å². The highest BCUT2D eigenvalue weighted by molar-refractivity contribution is 7.80. The lowest BCUT2D eigenvalue weighted by molar-refractivity contribution is 0.102. The van der Waals surface area contributed by atoms with E-state index in [1.54, 1.807) is 0 Å². The third-order valence-electron chi connectivity index (χ3n) is 4.98. The highest BCUT2D eigenvalue weighted by Crippen LogP contribution is 2.35. The number of allylic oxidation sites excluding steroid dienone is 1. The second-order valence-electron chi connectivity index (χ2n) is 6.80. The first-order valence-corrected chi connectivity index (χ1v) is 10.1. The molecule has 1 aliphatic rings. The second-order valence-corrected chi connectivity index (χ2v) is 7.62. The van der Waals surface area contributed by atoms with Crippen LogP contribution in [0.4, 0.5) is 5.69 Å². The number of thiocarbonyl (C=S) groups is 1. The normalized spacial score (nSPS) is 16.6. The van der Waals surface area contributed by atoms with E-state index in [9.17, 15) is 4.79 Å². The second kappa shape index (κ2) is 8.19. The Morgan fingerprint density at radius 1 is 0.931 bits per heavy atom. The first kappa shape index (κ1) is 19.4. The van der Waals surface area contributed by atoms with Crippen molar-refractivity contribution < 1.29 is 4.79 Å². The Bertz CT molecular complexity index is 1080. The highest BCUT2D eigenvalue weighted by Gasteiger charge is 2.34. The molecule has 0 saturated carbocycles. The Hall–Kier alpha value is -2.95. The van der Waals surface area contributed by atoms with E-state index in [0.29, 0.717) is 21.3 Å². The van der Waals surface area contributed by atoms with Crippen molar-refractivity contribution in [3.8, 4) is 0 Å². The summed E-state index contributed by atoms with van der Waals surface area (Å²) in [6.07, 6.45) is 0. The maximum absolute atomic E-state index is 13.6. The first-order valence-electron chi connectivity index (χ1n) is 9.28. The van der Waals surface area contributed by atoms with Crippen molar-refractivity contribution in [2.24, 2.45) is 0 Å². The van der Waals surface area contributed by atoms with Gasteiger partial charge < -0.3 is 5.32 Å². The molecule has 0 fully saturated rings. The lowest BCUT2D eigenvalue weighted by Gasteiger charge is -2.38. The molecule has 3 nitrogen and oxygen atoms in total. The minimum absolute atomic E-state index is 0.0287.